The smallest absolute Gasteiger partial charge is 0.256 e. The molecule has 2 atom stereocenters. The second-order valence-corrected chi connectivity index (χ2v) is 8.52. The van der Waals surface area contributed by atoms with E-state index >= 15 is 0 Å². The number of aromatic hydroxyl groups is 1. The van der Waals surface area contributed by atoms with Crippen LogP contribution in [-0.4, -0.2) is 73.8 Å². The number of nitrogens with zero attached hydrogens (tertiary/aromatic N) is 1. The molecule has 10 nitrogen and oxygen atoms in total. The van der Waals surface area contributed by atoms with Crippen molar-refractivity contribution in [1.29, 1.82) is 0 Å². The zero-order chi connectivity index (χ0) is 23.9. The Bertz CT molecular complexity index is 1220. The first-order valence-electron chi connectivity index (χ1n) is 9.70. The normalized spacial score (nSPS) is 26.9. The number of aliphatic hydroxyl groups excluding tert-OH is 1. The van der Waals surface area contributed by atoms with E-state index in [-0.39, 0.29) is 28.7 Å². The summed E-state index contributed by atoms with van der Waals surface area (Å²) in [7, 11) is 3.05. The Labute approximate surface area is 182 Å². The van der Waals surface area contributed by atoms with Gasteiger partial charge in [-0.3, -0.25) is 19.3 Å². The molecule has 10 heteroatoms. The van der Waals surface area contributed by atoms with Gasteiger partial charge < -0.3 is 31.3 Å². The minimum atomic E-state index is -3.23. The second-order valence-electron chi connectivity index (χ2n) is 8.52. The van der Waals surface area contributed by atoms with Gasteiger partial charge in [0.1, 0.15) is 22.7 Å². The van der Waals surface area contributed by atoms with Gasteiger partial charge in [0.05, 0.1) is 22.8 Å². The molecular weight excluding hydrogens is 420 g/mol. The number of amides is 1. The van der Waals surface area contributed by atoms with E-state index in [0.717, 1.165) is 0 Å². The van der Waals surface area contributed by atoms with Crippen LogP contribution >= 0.6 is 0 Å². The predicted molar refractivity (Wildman–Crippen MR) is 109 cm³/mol. The van der Waals surface area contributed by atoms with Gasteiger partial charge in [-0.1, -0.05) is 12.1 Å². The Kier molecular flexibility index (Phi) is 4.51. The van der Waals surface area contributed by atoms with Crippen LogP contribution in [0, 0.1) is 0 Å². The highest BCUT2D eigenvalue weighted by Crippen LogP contribution is 2.53. The lowest BCUT2D eigenvalue weighted by Crippen LogP contribution is -2.53. The van der Waals surface area contributed by atoms with Crippen LogP contribution in [0.15, 0.2) is 51.8 Å². The molecule has 1 amide bonds. The number of carbonyl (C=O) groups is 3. The van der Waals surface area contributed by atoms with Crippen LogP contribution in [0.4, 0.5) is 0 Å². The third-order valence-corrected chi connectivity index (χ3v) is 6.36. The number of carbonyl (C=O) groups excluding carboxylic acids is 3. The molecule has 0 aromatic heterocycles. The molecule has 3 aliphatic rings. The average Bonchev–Trinajstić information content (AvgIpc) is 2.64. The van der Waals surface area contributed by atoms with Crippen molar-refractivity contribution in [2.45, 2.75) is 30.8 Å². The molecule has 0 radical (unpaired) electrons. The topological polar surface area (TPSA) is 182 Å². The fourth-order valence-electron chi connectivity index (χ4n) is 4.98. The SMILES string of the molecule is CN(C)C1C(O)=C(C(N)=O)C(=O)C2=C1CC1=C(C(=O)c3c(O)cccc3C1(C)O)C2(O)O. The van der Waals surface area contributed by atoms with Crippen LogP contribution in [-0.2, 0) is 15.2 Å². The van der Waals surface area contributed by atoms with Crippen LogP contribution in [0.3, 0.4) is 0 Å². The molecular formula is C22H22N2O8. The van der Waals surface area contributed by atoms with Crippen molar-refractivity contribution in [1.82, 2.24) is 4.90 Å². The van der Waals surface area contributed by atoms with Crippen molar-refractivity contribution in [2.75, 3.05) is 14.1 Å². The minimum Gasteiger partial charge on any atom is -0.509 e. The number of fused-ring (bicyclic) bond motifs is 1. The third kappa shape index (κ3) is 2.58. The lowest BCUT2D eigenvalue weighted by molar-refractivity contribution is -0.129. The van der Waals surface area contributed by atoms with Crippen LogP contribution in [0.25, 0.3) is 0 Å². The molecule has 0 fully saturated rings. The van der Waals surface area contributed by atoms with E-state index in [1.54, 1.807) is 0 Å². The molecule has 0 heterocycles. The number of benzene rings is 1. The fraction of sp³-hybridized carbons (Fsp3) is 0.318. The summed E-state index contributed by atoms with van der Waals surface area (Å²) in [6, 6.07) is 2.92. The van der Waals surface area contributed by atoms with Crippen molar-refractivity contribution >= 4 is 17.5 Å². The van der Waals surface area contributed by atoms with Gasteiger partial charge in [0.2, 0.25) is 11.6 Å². The number of phenols is 1. The molecule has 1 aromatic carbocycles. The summed E-state index contributed by atoms with van der Waals surface area (Å²) in [5, 5.41) is 54.6. The van der Waals surface area contributed by atoms with Crippen molar-refractivity contribution < 1.29 is 39.9 Å². The number of rotatable bonds is 2. The predicted octanol–water partition coefficient (Wildman–Crippen LogP) is -0.716. The third-order valence-electron chi connectivity index (χ3n) is 6.36. The van der Waals surface area contributed by atoms with Gasteiger partial charge in [-0.25, -0.2) is 0 Å². The lowest BCUT2D eigenvalue weighted by atomic mass is 9.63. The molecule has 0 saturated carbocycles. The number of hydrogen-bond donors (Lipinski definition) is 6. The van der Waals surface area contributed by atoms with E-state index < -0.39 is 63.1 Å². The van der Waals surface area contributed by atoms with Gasteiger partial charge in [-0.2, -0.15) is 0 Å². The Morgan fingerprint density at radius 1 is 1.09 bits per heavy atom. The van der Waals surface area contributed by atoms with Gasteiger partial charge in [0.25, 0.3) is 5.91 Å². The molecule has 32 heavy (non-hydrogen) atoms. The number of primary amides is 1. The fourth-order valence-corrected chi connectivity index (χ4v) is 4.98. The highest BCUT2D eigenvalue weighted by atomic mass is 16.5. The minimum absolute atomic E-state index is 0.00271. The molecule has 0 bridgehead atoms. The zero-order valence-electron chi connectivity index (χ0n) is 17.5. The molecule has 0 spiro atoms. The number of phenolic OH excluding ortho intramolecular Hbond substituents is 1. The number of ketones is 2. The number of nitrogens with two attached hydrogens (primary N) is 1. The average molecular weight is 442 g/mol. The largest absolute Gasteiger partial charge is 0.509 e. The summed E-state index contributed by atoms with van der Waals surface area (Å²) >= 11 is 0. The highest BCUT2D eigenvalue weighted by Gasteiger charge is 2.58. The first-order valence-corrected chi connectivity index (χ1v) is 9.70. The number of Topliss-reactive ketones (excluding diaryl/α,β-unsaturated/α-hetero) is 2. The number of hydrogen-bond acceptors (Lipinski definition) is 9. The first kappa shape index (κ1) is 21.9. The van der Waals surface area contributed by atoms with E-state index in [0.29, 0.717) is 0 Å². The standard InChI is InChI=1S/C22H22N2O8/c1-21(30)9-5-4-6-11(25)12(9)17(26)15-10(21)7-8-14(22(15,31)32)18(27)13(20(23)29)19(28)16(8)24(2)3/h4-6,16,25,28,30-32H,7H2,1-3H3,(H2,23,29). The maximum atomic E-state index is 13.3. The maximum Gasteiger partial charge on any atom is 0.256 e. The number of likely N-dealkylation sites (N-methyl/N-ethyl adjacent to an activating group) is 1. The van der Waals surface area contributed by atoms with Crippen LogP contribution in [0.5, 0.6) is 5.75 Å². The van der Waals surface area contributed by atoms with Crippen molar-refractivity contribution in [2.24, 2.45) is 5.73 Å². The highest BCUT2D eigenvalue weighted by molar-refractivity contribution is 6.28. The summed E-state index contributed by atoms with van der Waals surface area (Å²) in [4.78, 5) is 39.7. The van der Waals surface area contributed by atoms with Crippen LogP contribution in [0.2, 0.25) is 0 Å². The monoisotopic (exact) mass is 442 g/mol. The summed E-state index contributed by atoms with van der Waals surface area (Å²) < 4.78 is 0. The van der Waals surface area contributed by atoms with Gasteiger partial charge in [0, 0.05) is 5.56 Å². The van der Waals surface area contributed by atoms with Crippen molar-refractivity contribution in [3.05, 3.63) is 63.0 Å². The quantitative estimate of drug-likeness (QED) is 0.254. The molecule has 168 valence electrons. The Hall–Kier alpha value is -3.31. The molecule has 0 aliphatic heterocycles. The molecule has 3 aliphatic carbocycles. The summed E-state index contributed by atoms with van der Waals surface area (Å²) in [6.07, 6.45) is -0.286. The first-order chi connectivity index (χ1) is 14.7. The Balaban J connectivity index is 2.02. The molecule has 7 N–H and O–H groups in total. The molecule has 4 rings (SSSR count). The van der Waals surface area contributed by atoms with Gasteiger partial charge in [0.15, 0.2) is 5.78 Å². The van der Waals surface area contributed by atoms with E-state index in [1.807, 2.05) is 0 Å². The van der Waals surface area contributed by atoms with Gasteiger partial charge >= 0.3 is 0 Å². The Morgan fingerprint density at radius 3 is 2.28 bits per heavy atom. The van der Waals surface area contributed by atoms with E-state index in [2.05, 4.69) is 0 Å². The summed E-state index contributed by atoms with van der Waals surface area (Å²) in [5.41, 5.74) is 0.788. The Morgan fingerprint density at radius 2 is 1.72 bits per heavy atom. The van der Waals surface area contributed by atoms with E-state index in [9.17, 15) is 39.9 Å². The van der Waals surface area contributed by atoms with Crippen molar-refractivity contribution in [3.8, 4) is 5.75 Å². The second kappa shape index (κ2) is 6.59. The maximum absolute atomic E-state index is 13.3. The molecule has 2 unspecified atom stereocenters. The van der Waals surface area contributed by atoms with Crippen LogP contribution in [0.1, 0.15) is 29.3 Å². The number of aliphatic hydroxyl groups is 4. The van der Waals surface area contributed by atoms with Gasteiger partial charge in [-0.15, -0.1) is 0 Å². The summed E-state index contributed by atoms with van der Waals surface area (Å²) in [6.45, 7) is 1.33. The van der Waals surface area contributed by atoms with Crippen molar-refractivity contribution in [3.63, 3.8) is 0 Å². The van der Waals surface area contributed by atoms with E-state index in [1.165, 1.54) is 44.1 Å². The summed E-state index contributed by atoms with van der Waals surface area (Å²) in [5.74, 6) is -7.85. The van der Waals surface area contributed by atoms with Gasteiger partial charge in [-0.05, 0) is 44.7 Å². The molecule has 1 aromatic rings. The zero-order valence-corrected chi connectivity index (χ0v) is 17.5. The lowest BCUT2D eigenvalue weighted by Gasteiger charge is -2.46. The van der Waals surface area contributed by atoms with E-state index in [4.69, 9.17) is 5.73 Å². The molecule has 0 saturated heterocycles. The van der Waals surface area contributed by atoms with Crippen LogP contribution < -0.4 is 5.73 Å².